The van der Waals surface area contributed by atoms with Crippen molar-refractivity contribution in [3.63, 3.8) is 0 Å². The second kappa shape index (κ2) is 10.9. The van der Waals surface area contributed by atoms with Crippen LogP contribution < -0.4 is 5.32 Å². The van der Waals surface area contributed by atoms with Crippen LogP contribution >= 0.6 is 23.2 Å². The molecule has 0 radical (unpaired) electrons. The number of Topliss-reactive ketones (excluding diaryl/α,β-unsaturated/α-hetero) is 1. The van der Waals surface area contributed by atoms with Crippen molar-refractivity contribution in [1.29, 1.82) is 0 Å². The molecule has 1 aromatic heterocycles. The Kier molecular flexibility index (Phi) is 8.03. The predicted molar refractivity (Wildman–Crippen MR) is 128 cm³/mol. The minimum atomic E-state index is -0.687. The molecule has 3 aromatic rings. The van der Waals surface area contributed by atoms with E-state index in [1.807, 2.05) is 18.2 Å². The van der Waals surface area contributed by atoms with E-state index in [4.69, 9.17) is 27.9 Å². The van der Waals surface area contributed by atoms with Gasteiger partial charge in [0, 0.05) is 34.8 Å². The molecular formula is C24H21Cl2N3O4. The molecule has 9 heteroatoms. The SMILES string of the molecule is CC(=O)Nc1ccc(C(=O)COC(=O)/C=C/c2c(C)nn(Cc3ccccc3Cl)c2Cl)cc1. The molecule has 1 heterocycles. The van der Waals surface area contributed by atoms with Gasteiger partial charge in [-0.1, -0.05) is 41.4 Å². The molecular weight excluding hydrogens is 465 g/mol. The second-order valence-corrected chi connectivity index (χ2v) is 7.93. The summed E-state index contributed by atoms with van der Waals surface area (Å²) < 4.78 is 6.63. The smallest absolute Gasteiger partial charge is 0.331 e. The molecule has 3 rings (SSSR count). The van der Waals surface area contributed by atoms with Gasteiger partial charge in [-0.15, -0.1) is 0 Å². The molecule has 0 saturated carbocycles. The number of carbonyl (C=O) groups is 3. The molecule has 2 aromatic carbocycles. The molecule has 1 N–H and O–H groups in total. The maximum atomic E-state index is 12.2. The Balaban J connectivity index is 1.59. The molecule has 0 saturated heterocycles. The molecule has 170 valence electrons. The van der Waals surface area contributed by atoms with E-state index >= 15 is 0 Å². The molecule has 1 amide bonds. The zero-order valence-electron chi connectivity index (χ0n) is 18.0. The molecule has 0 aliphatic heterocycles. The van der Waals surface area contributed by atoms with Crippen molar-refractivity contribution in [3.05, 3.63) is 87.2 Å². The highest BCUT2D eigenvalue weighted by molar-refractivity contribution is 6.32. The van der Waals surface area contributed by atoms with Crippen molar-refractivity contribution in [3.8, 4) is 0 Å². The van der Waals surface area contributed by atoms with Crippen LogP contribution in [0.3, 0.4) is 0 Å². The van der Waals surface area contributed by atoms with Crippen molar-refractivity contribution in [2.24, 2.45) is 0 Å². The van der Waals surface area contributed by atoms with E-state index in [2.05, 4.69) is 10.4 Å². The number of aromatic nitrogens is 2. The summed E-state index contributed by atoms with van der Waals surface area (Å²) in [6.45, 7) is 3.13. The third-order valence-electron chi connectivity index (χ3n) is 4.65. The summed E-state index contributed by atoms with van der Waals surface area (Å²) >= 11 is 12.6. The molecule has 0 spiro atoms. The Hall–Kier alpha value is -3.42. The fourth-order valence-electron chi connectivity index (χ4n) is 3.01. The fraction of sp³-hybridized carbons (Fsp3) is 0.167. The molecule has 0 unspecified atom stereocenters. The average molecular weight is 486 g/mol. The third-order valence-corrected chi connectivity index (χ3v) is 5.41. The van der Waals surface area contributed by atoms with E-state index < -0.39 is 12.6 Å². The number of ether oxygens (including phenoxy) is 1. The van der Waals surface area contributed by atoms with E-state index in [1.54, 1.807) is 41.9 Å². The molecule has 0 atom stereocenters. The van der Waals surface area contributed by atoms with Crippen molar-refractivity contribution in [1.82, 2.24) is 9.78 Å². The number of anilines is 1. The lowest BCUT2D eigenvalue weighted by atomic mass is 10.1. The van der Waals surface area contributed by atoms with Crippen LogP contribution in [-0.2, 0) is 20.9 Å². The van der Waals surface area contributed by atoms with Gasteiger partial charge in [-0.3, -0.25) is 9.59 Å². The van der Waals surface area contributed by atoms with Gasteiger partial charge in [-0.2, -0.15) is 5.10 Å². The van der Waals surface area contributed by atoms with E-state index in [9.17, 15) is 14.4 Å². The average Bonchev–Trinajstić information content (AvgIpc) is 3.04. The van der Waals surface area contributed by atoms with Crippen LogP contribution in [0.1, 0.15) is 34.1 Å². The number of hydrogen-bond donors (Lipinski definition) is 1. The molecule has 7 nitrogen and oxygen atoms in total. The highest BCUT2D eigenvalue weighted by atomic mass is 35.5. The van der Waals surface area contributed by atoms with Crippen molar-refractivity contribution in [2.75, 3.05) is 11.9 Å². The van der Waals surface area contributed by atoms with Gasteiger partial charge in [0.25, 0.3) is 0 Å². The van der Waals surface area contributed by atoms with Crippen LogP contribution in [-0.4, -0.2) is 34.0 Å². The molecule has 0 aliphatic carbocycles. The van der Waals surface area contributed by atoms with Gasteiger partial charge in [-0.25, -0.2) is 9.48 Å². The normalized spacial score (nSPS) is 10.9. The topological polar surface area (TPSA) is 90.3 Å². The highest BCUT2D eigenvalue weighted by Crippen LogP contribution is 2.24. The first-order valence-electron chi connectivity index (χ1n) is 9.96. The Morgan fingerprint density at radius 1 is 1.09 bits per heavy atom. The van der Waals surface area contributed by atoms with Crippen LogP contribution in [0.2, 0.25) is 10.2 Å². The van der Waals surface area contributed by atoms with Crippen LogP contribution in [0.15, 0.2) is 54.6 Å². The maximum absolute atomic E-state index is 12.2. The van der Waals surface area contributed by atoms with Crippen molar-refractivity contribution < 1.29 is 19.1 Å². The molecule has 33 heavy (non-hydrogen) atoms. The number of halogens is 2. The van der Waals surface area contributed by atoms with Gasteiger partial charge in [0.05, 0.1) is 12.2 Å². The minimum absolute atomic E-state index is 0.209. The largest absolute Gasteiger partial charge is 0.454 e. The van der Waals surface area contributed by atoms with E-state index in [0.29, 0.717) is 39.2 Å². The van der Waals surface area contributed by atoms with Crippen molar-refractivity contribution in [2.45, 2.75) is 20.4 Å². The summed E-state index contributed by atoms with van der Waals surface area (Å²) in [7, 11) is 0. The highest BCUT2D eigenvalue weighted by Gasteiger charge is 2.14. The van der Waals surface area contributed by atoms with Gasteiger partial charge in [0.15, 0.2) is 12.4 Å². The lowest BCUT2D eigenvalue weighted by Gasteiger charge is -2.05. The summed E-state index contributed by atoms with van der Waals surface area (Å²) in [4.78, 5) is 35.4. The number of carbonyl (C=O) groups excluding carboxylic acids is 3. The second-order valence-electron chi connectivity index (χ2n) is 7.16. The number of esters is 1. The predicted octanol–water partition coefficient (Wildman–Crippen LogP) is 4.94. The van der Waals surface area contributed by atoms with Gasteiger partial charge >= 0.3 is 5.97 Å². The number of rotatable bonds is 8. The number of hydrogen-bond acceptors (Lipinski definition) is 5. The lowest BCUT2D eigenvalue weighted by molar-refractivity contribution is -0.136. The molecule has 0 fully saturated rings. The number of nitrogens with zero attached hydrogens (tertiary/aromatic N) is 2. The quantitative estimate of drug-likeness (QED) is 0.277. The number of nitrogens with one attached hydrogen (secondary N) is 1. The fourth-order valence-corrected chi connectivity index (χ4v) is 3.50. The number of ketones is 1. The zero-order chi connectivity index (χ0) is 24.0. The van der Waals surface area contributed by atoms with E-state index in [0.717, 1.165) is 5.56 Å². The molecule has 0 aliphatic rings. The third kappa shape index (κ3) is 6.54. The van der Waals surface area contributed by atoms with E-state index in [-0.39, 0.29) is 11.7 Å². The summed E-state index contributed by atoms with van der Waals surface area (Å²) in [5.41, 5.74) is 3.00. The Bertz CT molecular complexity index is 1220. The van der Waals surface area contributed by atoms with Crippen LogP contribution in [0.25, 0.3) is 6.08 Å². The first kappa shape index (κ1) is 24.2. The Morgan fingerprint density at radius 3 is 2.45 bits per heavy atom. The van der Waals surface area contributed by atoms with Gasteiger partial charge in [0.2, 0.25) is 5.91 Å². The summed E-state index contributed by atoms with van der Waals surface area (Å²) in [5.74, 6) is -1.26. The standard InChI is InChI=1S/C24H21Cl2N3O4/c1-15-20(24(26)29(28-15)13-18-5-3-4-6-21(18)25)11-12-23(32)33-14-22(31)17-7-9-19(10-8-17)27-16(2)30/h3-12H,13-14H2,1-2H3,(H,27,30)/b12-11+. The van der Waals surface area contributed by atoms with E-state index in [1.165, 1.54) is 19.1 Å². The van der Waals surface area contributed by atoms with Crippen molar-refractivity contribution >= 4 is 52.6 Å². The zero-order valence-corrected chi connectivity index (χ0v) is 19.5. The maximum Gasteiger partial charge on any atom is 0.331 e. The van der Waals surface area contributed by atoms with Crippen LogP contribution in [0, 0.1) is 6.92 Å². The number of benzene rings is 2. The summed E-state index contributed by atoms with van der Waals surface area (Å²) in [6, 6.07) is 13.7. The lowest BCUT2D eigenvalue weighted by Crippen LogP contribution is -2.13. The monoisotopic (exact) mass is 485 g/mol. The molecule has 0 bridgehead atoms. The number of amides is 1. The summed E-state index contributed by atoms with van der Waals surface area (Å²) in [6.07, 6.45) is 2.70. The Labute approximate surface area is 201 Å². The van der Waals surface area contributed by atoms with Gasteiger partial charge in [-0.05, 0) is 48.9 Å². The minimum Gasteiger partial charge on any atom is -0.454 e. The van der Waals surface area contributed by atoms with Gasteiger partial charge in [0.1, 0.15) is 5.15 Å². The number of aryl methyl sites for hydroxylation is 1. The van der Waals surface area contributed by atoms with Crippen LogP contribution in [0.5, 0.6) is 0 Å². The Morgan fingerprint density at radius 2 is 1.79 bits per heavy atom. The first-order valence-corrected chi connectivity index (χ1v) is 10.7. The summed E-state index contributed by atoms with van der Waals surface area (Å²) in [5, 5.41) is 7.98. The van der Waals surface area contributed by atoms with Gasteiger partial charge < -0.3 is 10.1 Å². The first-order chi connectivity index (χ1) is 15.7. The van der Waals surface area contributed by atoms with Crippen LogP contribution in [0.4, 0.5) is 5.69 Å².